The van der Waals surface area contributed by atoms with Crippen LogP contribution >= 0.6 is 11.3 Å². The topological polar surface area (TPSA) is 75.4 Å². The molecular weight excluding hydrogens is 374 g/mol. The first-order chi connectivity index (χ1) is 13.5. The summed E-state index contributed by atoms with van der Waals surface area (Å²) in [6, 6.07) is 11.2. The minimum atomic E-state index is -0.133. The van der Waals surface area contributed by atoms with Crippen LogP contribution in [0, 0.1) is 13.8 Å². The molecule has 3 heterocycles. The van der Waals surface area contributed by atoms with Gasteiger partial charge in [0.05, 0.1) is 10.9 Å². The van der Waals surface area contributed by atoms with Crippen molar-refractivity contribution in [3.63, 3.8) is 0 Å². The molecule has 0 aliphatic carbocycles. The molecule has 2 amide bonds. The number of amides is 2. The van der Waals surface area contributed by atoms with Gasteiger partial charge in [-0.25, -0.2) is 0 Å². The third-order valence-corrected chi connectivity index (χ3v) is 6.39. The molecule has 3 aromatic rings. The highest BCUT2D eigenvalue weighted by Crippen LogP contribution is 2.37. The Hall–Kier alpha value is -2.93. The number of nitrogens with one attached hydrogen (secondary N) is 1. The second-order valence-electron chi connectivity index (χ2n) is 6.94. The van der Waals surface area contributed by atoms with Crippen molar-refractivity contribution in [1.29, 1.82) is 0 Å². The predicted molar refractivity (Wildman–Crippen MR) is 108 cm³/mol. The molecule has 0 spiro atoms. The molecule has 1 fully saturated rings. The van der Waals surface area contributed by atoms with Crippen LogP contribution in [0.4, 0.5) is 5.69 Å². The van der Waals surface area contributed by atoms with Gasteiger partial charge in [0.25, 0.3) is 11.8 Å². The first-order valence-electron chi connectivity index (χ1n) is 9.23. The molecule has 0 radical (unpaired) electrons. The van der Waals surface area contributed by atoms with E-state index >= 15 is 0 Å². The van der Waals surface area contributed by atoms with Crippen LogP contribution in [0.25, 0.3) is 0 Å². The lowest BCUT2D eigenvalue weighted by Gasteiger charge is -2.22. The van der Waals surface area contributed by atoms with Crippen LogP contribution in [-0.4, -0.2) is 28.4 Å². The molecule has 0 saturated carbocycles. The summed E-state index contributed by atoms with van der Waals surface area (Å²) >= 11 is 1.44. The standard InChI is InChI=1S/C21H21N3O3S/c1-13-5-3-6-15(14(13)2)22-20(25)19-9-8-18(28-19)17-7-4-11-24(17)21(26)16-10-12-27-23-16/h3,5-6,8-10,12,17H,4,7,11H2,1-2H3,(H,22,25)/t17-/m1/s1. The Morgan fingerprint density at radius 3 is 2.86 bits per heavy atom. The molecule has 2 aromatic heterocycles. The van der Waals surface area contributed by atoms with E-state index in [1.54, 1.807) is 6.07 Å². The summed E-state index contributed by atoms with van der Waals surface area (Å²) in [6.07, 6.45) is 3.21. The van der Waals surface area contributed by atoms with Crippen molar-refractivity contribution >= 4 is 28.8 Å². The maximum Gasteiger partial charge on any atom is 0.276 e. The SMILES string of the molecule is Cc1cccc(NC(=O)c2ccc([C@H]3CCCN3C(=O)c3ccon3)s2)c1C. The average Bonchev–Trinajstić information content (AvgIpc) is 3.45. The summed E-state index contributed by atoms with van der Waals surface area (Å²) in [7, 11) is 0. The van der Waals surface area contributed by atoms with Gasteiger partial charge in [-0.1, -0.05) is 17.3 Å². The summed E-state index contributed by atoms with van der Waals surface area (Å²) in [6.45, 7) is 4.70. The number of anilines is 1. The Balaban J connectivity index is 1.51. The Morgan fingerprint density at radius 2 is 2.07 bits per heavy atom. The predicted octanol–water partition coefficient (Wildman–Crippen LogP) is 4.58. The molecule has 1 aromatic carbocycles. The van der Waals surface area contributed by atoms with E-state index in [1.165, 1.54) is 17.6 Å². The Kier molecular flexibility index (Phi) is 5.00. The molecule has 28 heavy (non-hydrogen) atoms. The molecule has 144 valence electrons. The minimum Gasteiger partial charge on any atom is -0.364 e. The fraction of sp³-hybridized carbons (Fsp3) is 0.286. The van der Waals surface area contributed by atoms with Gasteiger partial charge in [-0.2, -0.15) is 0 Å². The van der Waals surface area contributed by atoms with Gasteiger partial charge in [0.1, 0.15) is 6.26 Å². The summed E-state index contributed by atoms with van der Waals surface area (Å²) in [5.41, 5.74) is 3.34. The van der Waals surface area contributed by atoms with Gasteiger partial charge in [-0.15, -0.1) is 11.3 Å². The third kappa shape index (κ3) is 3.45. The van der Waals surface area contributed by atoms with Crippen LogP contribution in [0.5, 0.6) is 0 Å². The van der Waals surface area contributed by atoms with E-state index < -0.39 is 0 Å². The number of aryl methyl sites for hydroxylation is 1. The summed E-state index contributed by atoms with van der Waals surface area (Å²) < 4.78 is 4.80. The van der Waals surface area contributed by atoms with Crippen molar-refractivity contribution in [2.75, 3.05) is 11.9 Å². The molecule has 0 unspecified atom stereocenters. The van der Waals surface area contributed by atoms with Crippen LogP contribution < -0.4 is 5.32 Å². The first kappa shape index (κ1) is 18.4. The number of benzene rings is 1. The largest absolute Gasteiger partial charge is 0.364 e. The number of carbonyl (C=O) groups excluding carboxylic acids is 2. The number of aromatic nitrogens is 1. The highest BCUT2D eigenvalue weighted by Gasteiger charge is 2.33. The lowest BCUT2D eigenvalue weighted by atomic mass is 10.1. The number of likely N-dealkylation sites (tertiary alicyclic amines) is 1. The highest BCUT2D eigenvalue weighted by molar-refractivity contribution is 7.14. The Labute approximate surface area is 167 Å². The quantitative estimate of drug-likeness (QED) is 0.701. The van der Waals surface area contributed by atoms with Gasteiger partial charge in [-0.05, 0) is 56.0 Å². The van der Waals surface area contributed by atoms with Gasteiger partial charge in [-0.3, -0.25) is 9.59 Å². The van der Waals surface area contributed by atoms with E-state index in [9.17, 15) is 9.59 Å². The maximum absolute atomic E-state index is 12.7. The fourth-order valence-electron chi connectivity index (χ4n) is 3.50. The van der Waals surface area contributed by atoms with E-state index in [2.05, 4.69) is 10.5 Å². The van der Waals surface area contributed by atoms with Crippen molar-refractivity contribution in [2.24, 2.45) is 0 Å². The van der Waals surface area contributed by atoms with Gasteiger partial charge < -0.3 is 14.7 Å². The van der Waals surface area contributed by atoms with Crippen LogP contribution in [0.1, 0.15) is 55.0 Å². The Morgan fingerprint density at radius 1 is 1.21 bits per heavy atom. The number of rotatable bonds is 4. The van der Waals surface area contributed by atoms with Gasteiger partial charge in [0.15, 0.2) is 5.69 Å². The average molecular weight is 395 g/mol. The zero-order valence-corrected chi connectivity index (χ0v) is 16.6. The molecule has 1 aliphatic rings. The summed E-state index contributed by atoms with van der Waals surface area (Å²) in [5, 5.41) is 6.75. The third-order valence-electron chi connectivity index (χ3n) is 5.20. The fourth-order valence-corrected chi connectivity index (χ4v) is 4.55. The number of nitrogens with zero attached hydrogens (tertiary/aromatic N) is 2. The maximum atomic E-state index is 12.7. The molecule has 6 nitrogen and oxygen atoms in total. The second kappa shape index (κ2) is 7.59. The van der Waals surface area contributed by atoms with Gasteiger partial charge in [0, 0.05) is 23.2 Å². The smallest absolute Gasteiger partial charge is 0.276 e. The van der Waals surface area contributed by atoms with Gasteiger partial charge in [0.2, 0.25) is 0 Å². The number of hydrogen-bond donors (Lipinski definition) is 1. The van der Waals surface area contributed by atoms with Crippen LogP contribution in [0.3, 0.4) is 0 Å². The molecule has 1 saturated heterocycles. The number of hydrogen-bond acceptors (Lipinski definition) is 5. The van der Waals surface area contributed by atoms with Crippen LogP contribution in [-0.2, 0) is 0 Å². The minimum absolute atomic E-state index is 0.0311. The van der Waals surface area contributed by atoms with E-state index in [0.29, 0.717) is 17.1 Å². The van der Waals surface area contributed by atoms with Crippen LogP contribution in [0.15, 0.2) is 47.2 Å². The molecular formula is C21H21N3O3S. The molecule has 1 N–H and O–H groups in total. The summed E-state index contributed by atoms with van der Waals surface area (Å²) in [4.78, 5) is 28.8. The Bertz CT molecular complexity index is 1010. The lowest BCUT2D eigenvalue weighted by Crippen LogP contribution is -2.30. The van der Waals surface area contributed by atoms with E-state index in [0.717, 1.165) is 34.5 Å². The van der Waals surface area contributed by atoms with Crippen molar-refractivity contribution in [3.8, 4) is 0 Å². The van der Waals surface area contributed by atoms with Crippen molar-refractivity contribution in [2.45, 2.75) is 32.7 Å². The van der Waals surface area contributed by atoms with Crippen LogP contribution in [0.2, 0.25) is 0 Å². The molecule has 1 aliphatic heterocycles. The van der Waals surface area contributed by atoms with E-state index in [1.807, 2.05) is 49.1 Å². The zero-order chi connectivity index (χ0) is 19.7. The zero-order valence-electron chi connectivity index (χ0n) is 15.8. The highest BCUT2D eigenvalue weighted by atomic mass is 32.1. The molecule has 4 rings (SSSR count). The van der Waals surface area contributed by atoms with Crippen molar-refractivity contribution < 1.29 is 14.1 Å². The summed E-state index contributed by atoms with van der Waals surface area (Å²) in [5.74, 6) is -0.261. The molecule has 0 bridgehead atoms. The normalized spacial score (nSPS) is 16.4. The molecule has 7 heteroatoms. The number of carbonyl (C=O) groups is 2. The van der Waals surface area contributed by atoms with E-state index in [4.69, 9.17) is 4.52 Å². The van der Waals surface area contributed by atoms with E-state index in [-0.39, 0.29) is 17.9 Å². The molecule has 1 atom stereocenters. The second-order valence-corrected chi connectivity index (χ2v) is 8.06. The monoisotopic (exact) mass is 395 g/mol. The van der Waals surface area contributed by atoms with Gasteiger partial charge >= 0.3 is 0 Å². The van der Waals surface area contributed by atoms with Crippen molar-refractivity contribution in [1.82, 2.24) is 10.1 Å². The number of thiophene rings is 1. The first-order valence-corrected chi connectivity index (χ1v) is 10.0. The lowest BCUT2D eigenvalue weighted by molar-refractivity contribution is 0.0727. The van der Waals surface area contributed by atoms with Crippen molar-refractivity contribution in [3.05, 3.63) is 69.2 Å².